The highest BCUT2D eigenvalue weighted by molar-refractivity contribution is 5.94. The second-order valence-corrected chi connectivity index (χ2v) is 6.27. The van der Waals surface area contributed by atoms with E-state index >= 15 is 0 Å². The third-order valence-corrected chi connectivity index (χ3v) is 4.12. The van der Waals surface area contributed by atoms with Gasteiger partial charge < -0.3 is 10.2 Å². The number of hydrogen-bond donors (Lipinski definition) is 1. The summed E-state index contributed by atoms with van der Waals surface area (Å²) in [6.07, 6.45) is -4.07. The normalized spacial score (nSPS) is 11.2. The van der Waals surface area contributed by atoms with Crippen LogP contribution in [0, 0.1) is 5.82 Å². The molecule has 2 aromatic carbocycles. The monoisotopic (exact) mass is 396 g/mol. The third-order valence-electron chi connectivity index (χ3n) is 4.12. The minimum Gasteiger partial charge on any atom is -0.352 e. The molecular weight excluding hydrogens is 376 g/mol. The van der Waals surface area contributed by atoms with Gasteiger partial charge in [0, 0.05) is 32.1 Å². The first kappa shape index (κ1) is 21.4. The lowest BCUT2D eigenvalue weighted by Gasteiger charge is -2.20. The fourth-order valence-corrected chi connectivity index (χ4v) is 2.61. The average Bonchev–Trinajstić information content (AvgIpc) is 2.65. The molecule has 2 aromatic rings. The maximum atomic E-state index is 13.0. The Morgan fingerprint density at radius 3 is 2.32 bits per heavy atom. The van der Waals surface area contributed by atoms with E-state index in [4.69, 9.17) is 0 Å². The number of carbonyl (C=O) groups excluding carboxylic acids is 2. The summed E-state index contributed by atoms with van der Waals surface area (Å²) >= 11 is 0. The van der Waals surface area contributed by atoms with Crippen LogP contribution in [0.25, 0.3) is 0 Å². The van der Waals surface area contributed by atoms with E-state index in [9.17, 15) is 27.2 Å². The second-order valence-electron chi connectivity index (χ2n) is 6.27. The van der Waals surface area contributed by atoms with Crippen molar-refractivity contribution in [3.8, 4) is 0 Å². The Hall–Kier alpha value is -2.90. The molecule has 0 saturated heterocycles. The number of amides is 2. The van der Waals surface area contributed by atoms with E-state index in [1.807, 2.05) is 0 Å². The van der Waals surface area contributed by atoms with E-state index in [2.05, 4.69) is 5.32 Å². The van der Waals surface area contributed by atoms with Crippen molar-refractivity contribution in [3.05, 3.63) is 71.0 Å². The predicted molar refractivity (Wildman–Crippen MR) is 95.9 cm³/mol. The SMILES string of the molecule is CN(Cc1ccccc1C(F)(F)F)C(=O)CCCNC(=O)c1ccc(F)cc1. The van der Waals surface area contributed by atoms with E-state index in [0.29, 0.717) is 12.0 Å². The van der Waals surface area contributed by atoms with Gasteiger partial charge in [0.1, 0.15) is 5.82 Å². The molecule has 8 heteroatoms. The molecular formula is C20H20F4N2O2. The van der Waals surface area contributed by atoms with Gasteiger partial charge in [-0.1, -0.05) is 18.2 Å². The summed E-state index contributed by atoms with van der Waals surface area (Å²) in [5.41, 5.74) is -0.440. The van der Waals surface area contributed by atoms with Crippen LogP contribution in [0.1, 0.15) is 34.3 Å². The van der Waals surface area contributed by atoms with E-state index in [-0.39, 0.29) is 36.9 Å². The van der Waals surface area contributed by atoms with Crippen LogP contribution in [0.3, 0.4) is 0 Å². The molecule has 0 atom stereocenters. The summed E-state index contributed by atoms with van der Waals surface area (Å²) in [4.78, 5) is 25.3. The van der Waals surface area contributed by atoms with Crippen LogP contribution in [0.4, 0.5) is 17.6 Å². The molecule has 0 aliphatic rings. The molecule has 0 spiro atoms. The van der Waals surface area contributed by atoms with Crippen molar-refractivity contribution in [1.82, 2.24) is 10.2 Å². The maximum absolute atomic E-state index is 13.0. The zero-order valence-electron chi connectivity index (χ0n) is 15.2. The maximum Gasteiger partial charge on any atom is 0.416 e. The Morgan fingerprint density at radius 1 is 1.04 bits per heavy atom. The molecule has 0 fully saturated rings. The van der Waals surface area contributed by atoms with Crippen molar-refractivity contribution in [2.45, 2.75) is 25.6 Å². The van der Waals surface area contributed by atoms with Crippen molar-refractivity contribution < 1.29 is 27.2 Å². The lowest BCUT2D eigenvalue weighted by Crippen LogP contribution is -2.29. The molecule has 28 heavy (non-hydrogen) atoms. The molecule has 0 aromatic heterocycles. The van der Waals surface area contributed by atoms with Gasteiger partial charge >= 0.3 is 6.18 Å². The molecule has 0 heterocycles. The molecule has 2 rings (SSSR count). The van der Waals surface area contributed by atoms with Crippen LogP contribution < -0.4 is 5.32 Å². The first-order chi connectivity index (χ1) is 13.2. The summed E-state index contributed by atoms with van der Waals surface area (Å²) in [6.45, 7) is 0.0609. The Morgan fingerprint density at radius 2 is 1.68 bits per heavy atom. The van der Waals surface area contributed by atoms with Crippen molar-refractivity contribution >= 4 is 11.8 Å². The van der Waals surface area contributed by atoms with E-state index in [1.54, 1.807) is 0 Å². The van der Waals surface area contributed by atoms with Gasteiger partial charge in [-0.15, -0.1) is 0 Å². The lowest BCUT2D eigenvalue weighted by atomic mass is 10.1. The highest BCUT2D eigenvalue weighted by Gasteiger charge is 2.33. The van der Waals surface area contributed by atoms with Crippen LogP contribution in [0.15, 0.2) is 48.5 Å². The molecule has 0 unspecified atom stereocenters. The molecule has 4 nitrogen and oxygen atoms in total. The summed E-state index contributed by atoms with van der Waals surface area (Å²) in [7, 11) is 1.44. The fourth-order valence-electron chi connectivity index (χ4n) is 2.61. The third kappa shape index (κ3) is 6.07. The van der Waals surface area contributed by atoms with Crippen molar-refractivity contribution in [3.63, 3.8) is 0 Å². The first-order valence-corrected chi connectivity index (χ1v) is 8.61. The van der Waals surface area contributed by atoms with Gasteiger partial charge in [0.05, 0.1) is 5.56 Å². The molecule has 1 N–H and O–H groups in total. The first-order valence-electron chi connectivity index (χ1n) is 8.61. The number of carbonyl (C=O) groups is 2. The van der Waals surface area contributed by atoms with Crippen molar-refractivity contribution in [1.29, 1.82) is 0 Å². The number of hydrogen-bond acceptors (Lipinski definition) is 2. The Kier molecular flexibility index (Phi) is 7.14. The van der Waals surface area contributed by atoms with Gasteiger partial charge in [-0.05, 0) is 42.3 Å². The summed E-state index contributed by atoms with van der Waals surface area (Å²) in [5.74, 6) is -1.16. The van der Waals surface area contributed by atoms with Gasteiger partial charge in [-0.2, -0.15) is 13.2 Å². The Bertz CT molecular complexity index is 820. The molecule has 0 aliphatic carbocycles. The summed E-state index contributed by atoms with van der Waals surface area (Å²) in [5, 5.41) is 2.61. The van der Waals surface area contributed by atoms with E-state index in [1.165, 1.54) is 54.4 Å². The number of nitrogens with zero attached hydrogens (tertiary/aromatic N) is 1. The standard InChI is InChI=1S/C20H20F4N2O2/c1-26(13-15-5-2-3-6-17(15)20(22,23)24)18(27)7-4-12-25-19(28)14-8-10-16(21)11-9-14/h2-3,5-6,8-11H,4,7,12-13H2,1H3,(H,25,28). The van der Waals surface area contributed by atoms with Crippen LogP contribution in [-0.4, -0.2) is 30.3 Å². The van der Waals surface area contributed by atoms with Crippen LogP contribution in [0.5, 0.6) is 0 Å². The topological polar surface area (TPSA) is 49.4 Å². The van der Waals surface area contributed by atoms with Gasteiger partial charge in [0.25, 0.3) is 5.91 Å². The summed E-state index contributed by atoms with van der Waals surface area (Å²) < 4.78 is 51.9. The molecule has 150 valence electrons. The zero-order valence-corrected chi connectivity index (χ0v) is 15.2. The van der Waals surface area contributed by atoms with Gasteiger partial charge in [-0.25, -0.2) is 4.39 Å². The number of nitrogens with one attached hydrogen (secondary N) is 1. The zero-order chi connectivity index (χ0) is 20.7. The molecule has 0 saturated carbocycles. The number of alkyl halides is 3. The highest BCUT2D eigenvalue weighted by atomic mass is 19.4. The second kappa shape index (κ2) is 9.34. The molecule has 0 radical (unpaired) electrons. The minimum absolute atomic E-state index is 0.0236. The minimum atomic E-state index is -4.48. The smallest absolute Gasteiger partial charge is 0.352 e. The number of rotatable bonds is 7. The lowest BCUT2D eigenvalue weighted by molar-refractivity contribution is -0.139. The highest BCUT2D eigenvalue weighted by Crippen LogP contribution is 2.32. The van der Waals surface area contributed by atoms with Crippen LogP contribution >= 0.6 is 0 Å². The van der Waals surface area contributed by atoms with Gasteiger partial charge in [0.2, 0.25) is 5.91 Å². The van der Waals surface area contributed by atoms with Crippen molar-refractivity contribution in [2.24, 2.45) is 0 Å². The van der Waals surface area contributed by atoms with E-state index in [0.717, 1.165) is 6.07 Å². The Labute approximate surface area is 160 Å². The van der Waals surface area contributed by atoms with Gasteiger partial charge in [0.15, 0.2) is 0 Å². The number of halogens is 4. The van der Waals surface area contributed by atoms with E-state index < -0.39 is 17.6 Å². The Balaban J connectivity index is 1.80. The molecule has 2 amide bonds. The average molecular weight is 396 g/mol. The quantitative estimate of drug-likeness (QED) is 0.568. The van der Waals surface area contributed by atoms with Crippen LogP contribution in [-0.2, 0) is 17.5 Å². The fraction of sp³-hybridized carbons (Fsp3) is 0.300. The molecule has 0 bridgehead atoms. The molecule has 0 aliphatic heterocycles. The largest absolute Gasteiger partial charge is 0.416 e. The van der Waals surface area contributed by atoms with Gasteiger partial charge in [-0.3, -0.25) is 9.59 Å². The number of benzene rings is 2. The van der Waals surface area contributed by atoms with Crippen molar-refractivity contribution in [2.75, 3.05) is 13.6 Å². The van der Waals surface area contributed by atoms with Crippen LogP contribution in [0.2, 0.25) is 0 Å². The summed E-state index contributed by atoms with van der Waals surface area (Å²) in [6, 6.07) is 10.2. The predicted octanol–water partition coefficient (Wildman–Crippen LogP) is 4.01.